The minimum Gasteiger partial charge on any atom is -0.496 e. The molecule has 2 aromatic carbocycles. The first-order valence-corrected chi connectivity index (χ1v) is 10.3. The van der Waals surface area contributed by atoms with E-state index in [1.54, 1.807) is 24.1 Å². The summed E-state index contributed by atoms with van der Waals surface area (Å²) >= 11 is 0. The van der Waals surface area contributed by atoms with Gasteiger partial charge in [0.2, 0.25) is 5.91 Å². The predicted molar refractivity (Wildman–Crippen MR) is 114 cm³/mol. The third kappa shape index (κ3) is 4.56. The number of amides is 2. The van der Waals surface area contributed by atoms with Crippen LogP contribution < -0.4 is 10.1 Å². The molecule has 3 rings (SSSR count). The van der Waals surface area contributed by atoms with Gasteiger partial charge in [0.25, 0.3) is 5.91 Å². The number of ether oxygens (including phenoxy) is 1. The number of piperidine rings is 1. The lowest BCUT2D eigenvalue weighted by Crippen LogP contribution is -2.47. The number of hydrogen-bond donors (Lipinski definition) is 2. The van der Waals surface area contributed by atoms with Crippen molar-refractivity contribution in [2.75, 3.05) is 20.2 Å². The standard InChI is InChI=1S/C23H28N2O5/c1-3-6-19(23(28)29)24-21(26)15-11-13-25(14-12-15)22(27)18-9-10-20(30-2)17-8-5-4-7-16(17)18/h4-5,7-10,15,19H,3,6,11-14H2,1-2H3,(H,24,26)(H,28,29)/t19-/m0/s1. The van der Waals surface area contributed by atoms with Crippen LogP contribution in [0.2, 0.25) is 0 Å². The van der Waals surface area contributed by atoms with Crippen molar-refractivity contribution in [3.63, 3.8) is 0 Å². The van der Waals surface area contributed by atoms with E-state index in [4.69, 9.17) is 4.74 Å². The quantitative estimate of drug-likeness (QED) is 0.729. The normalized spacial score (nSPS) is 15.6. The Kier molecular flexibility index (Phi) is 6.92. The van der Waals surface area contributed by atoms with Crippen molar-refractivity contribution in [2.24, 2.45) is 5.92 Å². The Morgan fingerprint density at radius 1 is 1.13 bits per heavy atom. The molecule has 0 aromatic heterocycles. The Labute approximate surface area is 176 Å². The van der Waals surface area contributed by atoms with Crippen molar-refractivity contribution in [2.45, 2.75) is 38.6 Å². The van der Waals surface area contributed by atoms with Crippen molar-refractivity contribution >= 4 is 28.6 Å². The third-order valence-electron chi connectivity index (χ3n) is 5.68. The van der Waals surface area contributed by atoms with Crippen LogP contribution in [-0.2, 0) is 9.59 Å². The van der Waals surface area contributed by atoms with Crippen LogP contribution in [0.4, 0.5) is 0 Å². The number of carboxylic acid groups (broad SMARTS) is 1. The first-order chi connectivity index (χ1) is 14.5. The van der Waals surface area contributed by atoms with Gasteiger partial charge in [0.05, 0.1) is 7.11 Å². The number of aliphatic carboxylic acids is 1. The summed E-state index contributed by atoms with van der Waals surface area (Å²) in [7, 11) is 1.61. The first kappa shape index (κ1) is 21.6. The molecule has 1 atom stereocenters. The Bertz CT molecular complexity index is 934. The highest BCUT2D eigenvalue weighted by Gasteiger charge is 2.30. The first-order valence-electron chi connectivity index (χ1n) is 10.3. The zero-order valence-electron chi connectivity index (χ0n) is 17.4. The number of fused-ring (bicyclic) bond motifs is 1. The molecule has 0 bridgehead atoms. The van der Waals surface area contributed by atoms with Gasteiger partial charge in [0, 0.05) is 30.0 Å². The minimum absolute atomic E-state index is 0.0675. The largest absolute Gasteiger partial charge is 0.496 e. The third-order valence-corrected chi connectivity index (χ3v) is 5.68. The van der Waals surface area contributed by atoms with Gasteiger partial charge in [0.1, 0.15) is 11.8 Å². The highest BCUT2D eigenvalue weighted by Crippen LogP contribution is 2.30. The number of nitrogens with zero attached hydrogens (tertiary/aromatic N) is 1. The lowest BCUT2D eigenvalue weighted by atomic mass is 9.94. The zero-order chi connectivity index (χ0) is 21.7. The molecule has 0 aliphatic carbocycles. The van der Waals surface area contributed by atoms with E-state index in [9.17, 15) is 19.5 Å². The van der Waals surface area contributed by atoms with Crippen LogP contribution >= 0.6 is 0 Å². The van der Waals surface area contributed by atoms with Gasteiger partial charge in [-0.2, -0.15) is 0 Å². The molecule has 1 aliphatic rings. The molecule has 1 fully saturated rings. The summed E-state index contributed by atoms with van der Waals surface area (Å²) in [6, 6.07) is 10.4. The van der Waals surface area contributed by atoms with Crippen molar-refractivity contribution in [1.29, 1.82) is 0 Å². The van der Waals surface area contributed by atoms with E-state index in [1.165, 1.54) is 0 Å². The molecule has 2 amide bonds. The molecule has 0 unspecified atom stereocenters. The molecule has 7 heteroatoms. The van der Waals surface area contributed by atoms with Gasteiger partial charge in [-0.1, -0.05) is 37.6 Å². The molecule has 2 N–H and O–H groups in total. The highest BCUT2D eigenvalue weighted by atomic mass is 16.5. The molecule has 160 valence electrons. The number of nitrogens with one attached hydrogen (secondary N) is 1. The number of benzene rings is 2. The van der Waals surface area contributed by atoms with Gasteiger partial charge in [-0.3, -0.25) is 9.59 Å². The number of carbonyl (C=O) groups is 3. The van der Waals surface area contributed by atoms with Crippen molar-refractivity contribution in [3.8, 4) is 5.75 Å². The molecule has 0 saturated carbocycles. The van der Waals surface area contributed by atoms with Gasteiger partial charge >= 0.3 is 5.97 Å². The van der Waals surface area contributed by atoms with Crippen molar-refractivity contribution < 1.29 is 24.2 Å². The monoisotopic (exact) mass is 412 g/mol. The average molecular weight is 412 g/mol. The van der Waals surface area contributed by atoms with Gasteiger partial charge in [0.15, 0.2) is 0 Å². The minimum atomic E-state index is -1.01. The van der Waals surface area contributed by atoms with Crippen LogP contribution in [0.1, 0.15) is 43.0 Å². The Morgan fingerprint density at radius 2 is 1.80 bits per heavy atom. The number of hydrogen-bond acceptors (Lipinski definition) is 4. The molecule has 1 aliphatic heterocycles. The summed E-state index contributed by atoms with van der Waals surface area (Å²) in [6.07, 6.45) is 2.12. The van der Waals surface area contributed by atoms with Crippen LogP contribution in [0, 0.1) is 5.92 Å². The van der Waals surface area contributed by atoms with E-state index >= 15 is 0 Å². The molecule has 2 aromatic rings. The number of likely N-dealkylation sites (tertiary alicyclic amines) is 1. The lowest BCUT2D eigenvalue weighted by Gasteiger charge is -2.32. The lowest BCUT2D eigenvalue weighted by molar-refractivity contribution is -0.142. The Morgan fingerprint density at radius 3 is 2.40 bits per heavy atom. The van der Waals surface area contributed by atoms with Crippen LogP contribution in [0.5, 0.6) is 5.75 Å². The fourth-order valence-electron chi connectivity index (χ4n) is 3.99. The SMILES string of the molecule is CCC[C@H](NC(=O)C1CCN(C(=O)c2ccc(OC)c3ccccc23)CC1)C(=O)O. The number of carboxylic acids is 1. The van der Waals surface area contributed by atoms with Crippen LogP contribution in [0.25, 0.3) is 10.8 Å². The Balaban J connectivity index is 1.67. The molecular formula is C23H28N2O5. The summed E-state index contributed by atoms with van der Waals surface area (Å²) in [5, 5.41) is 13.6. The number of carbonyl (C=O) groups excluding carboxylic acids is 2. The van der Waals surface area contributed by atoms with Crippen molar-refractivity contribution in [1.82, 2.24) is 10.2 Å². The van der Waals surface area contributed by atoms with E-state index in [2.05, 4.69) is 5.32 Å². The van der Waals surface area contributed by atoms with E-state index in [0.29, 0.717) is 44.3 Å². The second-order valence-corrected chi connectivity index (χ2v) is 7.62. The predicted octanol–water partition coefficient (Wildman–Crippen LogP) is 3.07. The summed E-state index contributed by atoms with van der Waals surface area (Å²) in [6.45, 7) is 2.81. The van der Waals surface area contributed by atoms with Gasteiger partial charge in [-0.15, -0.1) is 0 Å². The van der Waals surface area contributed by atoms with Crippen LogP contribution in [-0.4, -0.2) is 54.0 Å². The fourth-order valence-corrected chi connectivity index (χ4v) is 3.99. The summed E-state index contributed by atoms with van der Waals surface area (Å²) < 4.78 is 5.40. The second kappa shape index (κ2) is 9.61. The molecule has 30 heavy (non-hydrogen) atoms. The summed E-state index contributed by atoms with van der Waals surface area (Å²) in [5.74, 6) is -0.873. The maximum Gasteiger partial charge on any atom is 0.326 e. The molecule has 1 saturated heterocycles. The zero-order valence-corrected chi connectivity index (χ0v) is 17.4. The highest BCUT2D eigenvalue weighted by molar-refractivity contribution is 6.08. The van der Waals surface area contributed by atoms with Crippen LogP contribution in [0.3, 0.4) is 0 Å². The topological polar surface area (TPSA) is 95.9 Å². The number of rotatable bonds is 7. The molecular weight excluding hydrogens is 384 g/mol. The average Bonchev–Trinajstić information content (AvgIpc) is 2.77. The van der Waals surface area contributed by atoms with E-state index < -0.39 is 12.0 Å². The maximum atomic E-state index is 13.1. The molecule has 1 heterocycles. The van der Waals surface area contributed by atoms with E-state index in [0.717, 1.165) is 16.5 Å². The van der Waals surface area contributed by atoms with E-state index in [-0.39, 0.29) is 17.7 Å². The smallest absolute Gasteiger partial charge is 0.326 e. The fraction of sp³-hybridized carbons (Fsp3) is 0.435. The maximum absolute atomic E-state index is 13.1. The summed E-state index contributed by atoms with van der Waals surface area (Å²) in [5.41, 5.74) is 0.614. The molecule has 0 radical (unpaired) electrons. The summed E-state index contributed by atoms with van der Waals surface area (Å²) in [4.78, 5) is 38.7. The molecule has 0 spiro atoms. The van der Waals surface area contributed by atoms with Crippen LogP contribution in [0.15, 0.2) is 36.4 Å². The Hall–Kier alpha value is -3.09. The molecule has 7 nitrogen and oxygen atoms in total. The van der Waals surface area contributed by atoms with Gasteiger partial charge in [-0.25, -0.2) is 4.79 Å². The van der Waals surface area contributed by atoms with E-state index in [1.807, 2.05) is 31.2 Å². The van der Waals surface area contributed by atoms with Gasteiger partial charge < -0.3 is 20.1 Å². The van der Waals surface area contributed by atoms with Crippen molar-refractivity contribution in [3.05, 3.63) is 42.0 Å². The number of methoxy groups -OCH3 is 1. The van der Waals surface area contributed by atoms with Gasteiger partial charge in [-0.05, 0) is 36.8 Å². The second-order valence-electron chi connectivity index (χ2n) is 7.62.